The summed E-state index contributed by atoms with van der Waals surface area (Å²) in [7, 11) is 2.81. The molecule has 0 aromatic heterocycles. The van der Waals surface area contributed by atoms with Gasteiger partial charge >= 0.3 is 5.97 Å². The fourth-order valence-corrected chi connectivity index (χ4v) is 2.70. The largest absolute Gasteiger partial charge is 0.465 e. The van der Waals surface area contributed by atoms with Crippen LogP contribution in [-0.4, -0.2) is 43.3 Å². The van der Waals surface area contributed by atoms with Crippen molar-refractivity contribution < 1.29 is 19.5 Å². The second-order valence-electron chi connectivity index (χ2n) is 6.46. The maximum Gasteiger partial charge on any atom is 0.305 e. The van der Waals surface area contributed by atoms with Crippen LogP contribution >= 0.6 is 0 Å². The molecular formula is C20H44NO4+. The van der Waals surface area contributed by atoms with E-state index >= 15 is 0 Å². The minimum absolute atomic E-state index is 0.0226. The second kappa shape index (κ2) is 23.4. The zero-order chi connectivity index (χ0) is 19.2. The lowest BCUT2D eigenvalue weighted by atomic mass is 9.96. The monoisotopic (exact) mass is 362 g/mol. The van der Waals surface area contributed by atoms with E-state index in [9.17, 15) is 4.79 Å². The van der Waals surface area contributed by atoms with Crippen LogP contribution in [0.4, 0.5) is 0 Å². The Balaban J connectivity index is 0. The van der Waals surface area contributed by atoms with Gasteiger partial charge in [0.15, 0.2) is 6.61 Å². The smallest absolute Gasteiger partial charge is 0.305 e. The third-order valence-electron chi connectivity index (χ3n) is 4.22. The summed E-state index contributed by atoms with van der Waals surface area (Å²) < 4.78 is 5.51. The standard InChI is InChI=1S/C19H39NO3.CH4O/c1-4-6-8-10-14-18(13-7-5-2)17-22-19(21)15-11-9-12-16-23-20-3;1-2/h18,20H,4-17H2,1-3H3;2H,1H3/p+1. The molecular weight excluding hydrogens is 318 g/mol. The Labute approximate surface area is 155 Å². The molecule has 0 saturated heterocycles. The molecule has 5 heteroatoms. The summed E-state index contributed by atoms with van der Waals surface area (Å²) >= 11 is 0. The van der Waals surface area contributed by atoms with Crippen LogP contribution in [0.3, 0.4) is 0 Å². The van der Waals surface area contributed by atoms with Crippen LogP contribution in [0.25, 0.3) is 0 Å². The molecule has 0 amide bonds. The Morgan fingerprint density at radius 3 is 2.24 bits per heavy atom. The van der Waals surface area contributed by atoms with Gasteiger partial charge in [-0.15, -0.1) is 0 Å². The molecule has 5 nitrogen and oxygen atoms in total. The third-order valence-corrected chi connectivity index (χ3v) is 4.22. The SMILES string of the molecule is CCCCCCC(CCCC)COC(=O)CCCCC[OH+]NC.CO. The van der Waals surface area contributed by atoms with Gasteiger partial charge in [0.2, 0.25) is 0 Å². The summed E-state index contributed by atoms with van der Waals surface area (Å²) in [4.78, 5) is 15.9. The van der Waals surface area contributed by atoms with E-state index in [4.69, 9.17) is 9.84 Å². The number of hydrogen-bond acceptors (Lipinski definition) is 4. The quantitative estimate of drug-likeness (QED) is 0.177. The first-order chi connectivity index (χ1) is 12.2. The van der Waals surface area contributed by atoms with E-state index in [-0.39, 0.29) is 5.97 Å². The fourth-order valence-electron chi connectivity index (χ4n) is 2.70. The average molecular weight is 363 g/mol. The summed E-state index contributed by atoms with van der Waals surface area (Å²) in [6.45, 7) is 5.91. The normalized spacial score (nSPS) is 11.6. The summed E-state index contributed by atoms with van der Waals surface area (Å²) in [6, 6.07) is 0. The Morgan fingerprint density at radius 1 is 0.960 bits per heavy atom. The number of ether oxygens (including phenoxy) is 1. The number of unbranched alkanes of at least 4 members (excludes halogenated alkanes) is 6. The minimum Gasteiger partial charge on any atom is -0.465 e. The van der Waals surface area contributed by atoms with Crippen LogP contribution in [0.1, 0.15) is 90.9 Å². The van der Waals surface area contributed by atoms with E-state index in [2.05, 4.69) is 24.2 Å². The number of carbonyl (C=O) groups is 1. The van der Waals surface area contributed by atoms with Gasteiger partial charge in [0.05, 0.1) is 13.7 Å². The lowest BCUT2D eigenvalue weighted by Crippen LogP contribution is -2.15. The van der Waals surface area contributed by atoms with E-state index in [1.54, 1.807) is 0 Å². The van der Waals surface area contributed by atoms with Crippen molar-refractivity contribution in [1.29, 1.82) is 0 Å². The lowest BCUT2D eigenvalue weighted by molar-refractivity contribution is -0.145. The number of esters is 1. The number of rotatable bonds is 17. The van der Waals surface area contributed by atoms with Gasteiger partial charge in [0.1, 0.15) is 0 Å². The van der Waals surface area contributed by atoms with Crippen molar-refractivity contribution in [2.24, 2.45) is 5.92 Å². The van der Waals surface area contributed by atoms with E-state index < -0.39 is 0 Å². The van der Waals surface area contributed by atoms with Crippen LogP contribution in [0.15, 0.2) is 0 Å². The molecule has 0 rings (SSSR count). The van der Waals surface area contributed by atoms with Crippen molar-refractivity contribution in [3.8, 4) is 0 Å². The Hall–Kier alpha value is -0.650. The molecule has 152 valence electrons. The molecule has 0 fully saturated rings. The average Bonchev–Trinajstić information content (AvgIpc) is 2.64. The molecule has 0 saturated carbocycles. The van der Waals surface area contributed by atoms with Crippen LogP contribution in [0.5, 0.6) is 0 Å². The predicted molar refractivity (Wildman–Crippen MR) is 105 cm³/mol. The molecule has 1 atom stereocenters. The molecule has 0 radical (unpaired) electrons. The highest BCUT2D eigenvalue weighted by Gasteiger charge is 2.11. The molecule has 3 N–H and O–H groups in total. The lowest BCUT2D eigenvalue weighted by Gasteiger charge is -2.16. The zero-order valence-corrected chi connectivity index (χ0v) is 17.2. The van der Waals surface area contributed by atoms with Gasteiger partial charge in [0, 0.05) is 20.0 Å². The molecule has 0 heterocycles. The van der Waals surface area contributed by atoms with Gasteiger partial charge in [-0.05, 0) is 31.6 Å². The van der Waals surface area contributed by atoms with Crippen LogP contribution < -0.4 is 5.48 Å². The van der Waals surface area contributed by atoms with Crippen molar-refractivity contribution in [2.75, 3.05) is 27.4 Å². The first-order valence-electron chi connectivity index (χ1n) is 10.2. The van der Waals surface area contributed by atoms with Gasteiger partial charge in [-0.1, -0.05) is 57.9 Å². The first kappa shape index (κ1) is 26.6. The van der Waals surface area contributed by atoms with Crippen molar-refractivity contribution in [3.05, 3.63) is 0 Å². The third kappa shape index (κ3) is 21.3. The van der Waals surface area contributed by atoms with Gasteiger partial charge in [-0.3, -0.25) is 4.79 Å². The number of aliphatic hydroxyl groups is 2. The van der Waals surface area contributed by atoms with E-state index in [0.29, 0.717) is 18.9 Å². The Morgan fingerprint density at radius 2 is 1.60 bits per heavy atom. The molecule has 25 heavy (non-hydrogen) atoms. The van der Waals surface area contributed by atoms with Gasteiger partial charge < -0.3 is 14.7 Å². The highest BCUT2D eigenvalue weighted by molar-refractivity contribution is 5.69. The zero-order valence-electron chi connectivity index (χ0n) is 17.2. The number of aliphatic hydroxyl groups excluding tert-OH is 1. The number of carbonyl (C=O) groups excluding carboxylic acids is 1. The first-order valence-corrected chi connectivity index (χ1v) is 10.2. The van der Waals surface area contributed by atoms with Gasteiger partial charge in [-0.25, -0.2) is 0 Å². The van der Waals surface area contributed by atoms with Crippen molar-refractivity contribution in [1.82, 2.24) is 5.48 Å². The maximum atomic E-state index is 11.8. The summed E-state index contributed by atoms with van der Waals surface area (Å²) in [6.07, 6.45) is 13.6. The summed E-state index contributed by atoms with van der Waals surface area (Å²) in [5, 5.41) is 7.00. The molecule has 0 aromatic carbocycles. The Kier molecular flexibility index (Phi) is 24.8. The molecule has 1 unspecified atom stereocenters. The van der Waals surface area contributed by atoms with Crippen molar-refractivity contribution in [2.45, 2.75) is 90.9 Å². The van der Waals surface area contributed by atoms with E-state index in [1.807, 2.05) is 7.05 Å². The van der Waals surface area contributed by atoms with Crippen LogP contribution in [0, 0.1) is 5.92 Å². The number of hydroxylamine groups is 1. The number of nitrogens with one attached hydrogen (secondary N) is 1. The molecule has 0 aromatic rings. The van der Waals surface area contributed by atoms with Crippen molar-refractivity contribution >= 4 is 5.97 Å². The van der Waals surface area contributed by atoms with Crippen LogP contribution in [0.2, 0.25) is 0 Å². The molecule has 0 aliphatic carbocycles. The van der Waals surface area contributed by atoms with Crippen molar-refractivity contribution in [3.63, 3.8) is 0 Å². The van der Waals surface area contributed by atoms with Gasteiger partial charge in [0.25, 0.3) is 0 Å². The molecule has 0 spiro atoms. The highest BCUT2D eigenvalue weighted by Crippen LogP contribution is 2.18. The topological polar surface area (TPSA) is 71.4 Å². The molecule has 0 bridgehead atoms. The predicted octanol–water partition coefficient (Wildman–Crippen LogP) is 4.14. The summed E-state index contributed by atoms with van der Waals surface area (Å²) in [5.74, 6) is 0.538. The highest BCUT2D eigenvalue weighted by atomic mass is 16.6. The van der Waals surface area contributed by atoms with E-state index in [1.165, 1.54) is 51.4 Å². The molecule has 0 aliphatic heterocycles. The maximum absolute atomic E-state index is 11.8. The van der Waals surface area contributed by atoms with E-state index in [0.717, 1.165) is 33.0 Å². The number of hydrogen-bond donors (Lipinski definition) is 2. The minimum atomic E-state index is -0.0226. The summed E-state index contributed by atoms with van der Waals surface area (Å²) in [5.41, 5.74) is 2.77. The Bertz CT molecular complexity index is 262. The second-order valence-corrected chi connectivity index (χ2v) is 6.46. The molecule has 0 aliphatic rings. The fraction of sp³-hybridized carbons (Fsp3) is 0.950. The van der Waals surface area contributed by atoms with Crippen LogP contribution in [-0.2, 0) is 9.53 Å². The van der Waals surface area contributed by atoms with Gasteiger partial charge in [-0.2, -0.15) is 0 Å².